The number of hydrogen-bond donors (Lipinski definition) is 3. The van der Waals surface area contributed by atoms with Crippen LogP contribution in [0.15, 0.2) is 48.6 Å². The summed E-state index contributed by atoms with van der Waals surface area (Å²) in [4.78, 5) is 12.5. The van der Waals surface area contributed by atoms with Gasteiger partial charge in [0.05, 0.1) is 18.8 Å². The molecule has 0 aromatic heterocycles. The van der Waals surface area contributed by atoms with Crippen LogP contribution in [0, 0.1) is 0 Å². The molecule has 0 aromatic rings. The van der Waals surface area contributed by atoms with Gasteiger partial charge >= 0.3 is 0 Å². The Kier molecular flexibility index (Phi) is 57.2. The highest BCUT2D eigenvalue weighted by molar-refractivity contribution is 5.76. The summed E-state index contributed by atoms with van der Waals surface area (Å²) < 4.78 is 0. The molecule has 4 heteroatoms. The second kappa shape index (κ2) is 58.7. The van der Waals surface area contributed by atoms with Crippen LogP contribution in [0.1, 0.15) is 328 Å². The second-order valence-electron chi connectivity index (χ2n) is 20.7. The number of rotatable bonds is 56. The number of amides is 1. The van der Waals surface area contributed by atoms with Crippen LogP contribution >= 0.6 is 0 Å². The fraction of sp³-hybridized carbons (Fsp3) is 0.857. The van der Waals surface area contributed by atoms with Gasteiger partial charge in [0.1, 0.15) is 0 Å². The molecule has 0 aliphatic heterocycles. The van der Waals surface area contributed by atoms with Crippen LogP contribution < -0.4 is 5.32 Å². The zero-order valence-electron chi connectivity index (χ0n) is 45.4. The van der Waals surface area contributed by atoms with Gasteiger partial charge in [-0.15, -0.1) is 0 Å². The number of allylic oxidation sites excluding steroid dienone is 8. The number of nitrogens with one attached hydrogen (secondary N) is 1. The lowest BCUT2D eigenvalue weighted by molar-refractivity contribution is -0.123. The van der Waals surface area contributed by atoms with E-state index in [9.17, 15) is 15.0 Å². The van der Waals surface area contributed by atoms with Crippen molar-refractivity contribution in [3.05, 3.63) is 48.6 Å². The number of aliphatic hydroxyl groups is 2. The molecule has 4 nitrogen and oxygen atoms in total. The van der Waals surface area contributed by atoms with Crippen molar-refractivity contribution in [2.75, 3.05) is 6.61 Å². The highest BCUT2D eigenvalue weighted by Crippen LogP contribution is 2.18. The number of carbonyl (C=O) groups is 1. The molecule has 0 rings (SSSR count). The Labute approximate surface area is 420 Å². The molecule has 2 atom stereocenters. The topological polar surface area (TPSA) is 69.6 Å². The first-order chi connectivity index (χ1) is 33.2. The number of carbonyl (C=O) groups excluding carboxylic acids is 1. The fourth-order valence-corrected chi connectivity index (χ4v) is 9.53. The molecule has 67 heavy (non-hydrogen) atoms. The van der Waals surface area contributed by atoms with E-state index in [-0.39, 0.29) is 12.5 Å². The fourth-order valence-electron chi connectivity index (χ4n) is 9.53. The molecule has 0 aliphatic rings. The molecule has 0 fully saturated rings. The van der Waals surface area contributed by atoms with E-state index in [2.05, 4.69) is 67.8 Å². The van der Waals surface area contributed by atoms with E-state index in [0.717, 1.165) is 51.4 Å². The zero-order valence-corrected chi connectivity index (χ0v) is 45.4. The van der Waals surface area contributed by atoms with Gasteiger partial charge in [-0.05, 0) is 51.4 Å². The van der Waals surface area contributed by atoms with Crippen LogP contribution in [-0.2, 0) is 4.79 Å². The van der Waals surface area contributed by atoms with Crippen molar-refractivity contribution in [3.63, 3.8) is 0 Å². The van der Waals surface area contributed by atoms with Crippen molar-refractivity contribution in [1.82, 2.24) is 5.32 Å². The molecular weight excluding hydrogens is 819 g/mol. The van der Waals surface area contributed by atoms with E-state index in [1.54, 1.807) is 0 Å². The average Bonchev–Trinajstić information content (AvgIpc) is 3.33. The molecule has 0 saturated carbocycles. The Balaban J connectivity index is 3.43. The maximum Gasteiger partial charge on any atom is 0.220 e. The maximum atomic E-state index is 12.5. The minimum atomic E-state index is -0.661. The van der Waals surface area contributed by atoms with E-state index in [4.69, 9.17) is 0 Å². The molecule has 0 spiro atoms. The first-order valence-electron chi connectivity index (χ1n) is 30.3. The first-order valence-corrected chi connectivity index (χ1v) is 30.3. The molecule has 1 amide bonds. The van der Waals surface area contributed by atoms with Crippen molar-refractivity contribution in [1.29, 1.82) is 0 Å². The Hall–Kier alpha value is -1.65. The molecule has 0 bridgehead atoms. The lowest BCUT2D eigenvalue weighted by atomic mass is 10.0. The highest BCUT2D eigenvalue weighted by atomic mass is 16.3. The Morgan fingerprint density at radius 1 is 0.373 bits per heavy atom. The van der Waals surface area contributed by atoms with Crippen LogP contribution in [0.2, 0.25) is 0 Å². The SMILES string of the molecule is CC/C=C\C/C=C\C/C=C\C/C=C\CCCCCCCCCCCCCCCCCCC(=O)NC(CO)C(O)CCCCCCCCCCCCCCCCCCCCCCCCCCCC. The standard InChI is InChI=1S/C63H119NO3/c1-3-5-7-9-11-13-15-17-19-21-23-25-27-29-31-32-33-35-37-39-41-43-45-47-49-51-53-55-57-59-63(67)64-61(60-65)62(66)58-56-54-52-50-48-46-44-42-40-38-36-34-30-28-26-24-22-20-18-16-14-12-10-8-6-4-2/h5,7,11,13,17,19,23,25,61-62,65-66H,3-4,6,8-10,12,14-16,18,20-22,24,26-60H2,1-2H3,(H,64,67)/b7-5-,13-11-,19-17-,25-23-. The molecule has 0 aliphatic carbocycles. The van der Waals surface area contributed by atoms with Gasteiger partial charge in [0, 0.05) is 6.42 Å². The minimum Gasteiger partial charge on any atom is -0.394 e. The van der Waals surface area contributed by atoms with Crippen molar-refractivity contribution in [2.24, 2.45) is 0 Å². The first kappa shape index (κ1) is 65.3. The molecule has 0 heterocycles. The molecule has 2 unspecified atom stereocenters. The van der Waals surface area contributed by atoms with E-state index >= 15 is 0 Å². The van der Waals surface area contributed by atoms with Crippen molar-refractivity contribution in [2.45, 2.75) is 341 Å². The van der Waals surface area contributed by atoms with Crippen LogP contribution in [0.3, 0.4) is 0 Å². The largest absolute Gasteiger partial charge is 0.394 e. The van der Waals surface area contributed by atoms with Crippen molar-refractivity contribution >= 4 is 5.91 Å². The van der Waals surface area contributed by atoms with Crippen molar-refractivity contribution in [3.8, 4) is 0 Å². The van der Waals surface area contributed by atoms with Crippen LogP contribution in [0.25, 0.3) is 0 Å². The lowest BCUT2D eigenvalue weighted by Gasteiger charge is -2.22. The van der Waals surface area contributed by atoms with E-state index in [0.29, 0.717) is 12.8 Å². The number of aliphatic hydroxyl groups excluding tert-OH is 2. The van der Waals surface area contributed by atoms with Gasteiger partial charge in [-0.1, -0.05) is 319 Å². The molecule has 3 N–H and O–H groups in total. The summed E-state index contributed by atoms with van der Waals surface area (Å²) in [6.45, 7) is 4.28. The predicted molar refractivity (Wildman–Crippen MR) is 299 cm³/mol. The maximum absolute atomic E-state index is 12.5. The summed E-state index contributed by atoms with van der Waals surface area (Å²) in [5.41, 5.74) is 0. The summed E-state index contributed by atoms with van der Waals surface area (Å²) in [6, 6.07) is -0.538. The Morgan fingerprint density at radius 3 is 0.985 bits per heavy atom. The van der Waals surface area contributed by atoms with Crippen LogP contribution in [0.4, 0.5) is 0 Å². The normalized spacial score (nSPS) is 13.1. The third-order valence-electron chi connectivity index (χ3n) is 14.1. The summed E-state index contributed by atoms with van der Waals surface area (Å²) in [5, 5.41) is 23.4. The van der Waals surface area contributed by atoms with Gasteiger partial charge in [0.15, 0.2) is 0 Å². The van der Waals surface area contributed by atoms with Gasteiger partial charge in [-0.2, -0.15) is 0 Å². The average molecular weight is 939 g/mol. The zero-order chi connectivity index (χ0) is 48.5. The van der Waals surface area contributed by atoms with E-state index < -0.39 is 12.1 Å². The molecule has 0 aromatic carbocycles. The summed E-state index contributed by atoms with van der Waals surface area (Å²) in [7, 11) is 0. The second-order valence-corrected chi connectivity index (χ2v) is 20.7. The molecule has 0 radical (unpaired) electrons. The third-order valence-corrected chi connectivity index (χ3v) is 14.1. The minimum absolute atomic E-state index is 0.0270. The van der Waals surface area contributed by atoms with Gasteiger partial charge in [0.2, 0.25) is 5.91 Å². The van der Waals surface area contributed by atoms with E-state index in [1.165, 1.54) is 250 Å². The quantitative estimate of drug-likeness (QED) is 0.0420. The number of hydrogen-bond acceptors (Lipinski definition) is 3. The smallest absolute Gasteiger partial charge is 0.220 e. The summed E-state index contributed by atoms with van der Waals surface area (Å²) >= 11 is 0. The lowest BCUT2D eigenvalue weighted by Crippen LogP contribution is -2.45. The molecule has 0 saturated heterocycles. The predicted octanol–water partition coefficient (Wildman–Crippen LogP) is 20.2. The summed E-state index contributed by atoms with van der Waals surface area (Å²) in [6.07, 6.45) is 81.2. The van der Waals surface area contributed by atoms with Crippen LogP contribution in [-0.4, -0.2) is 34.9 Å². The van der Waals surface area contributed by atoms with Gasteiger partial charge in [0.25, 0.3) is 0 Å². The third kappa shape index (κ3) is 55.2. The van der Waals surface area contributed by atoms with Gasteiger partial charge < -0.3 is 15.5 Å². The van der Waals surface area contributed by atoms with Crippen molar-refractivity contribution < 1.29 is 15.0 Å². The Morgan fingerprint density at radius 2 is 0.657 bits per heavy atom. The Bertz CT molecular complexity index is 1060. The highest BCUT2D eigenvalue weighted by Gasteiger charge is 2.20. The molecule has 394 valence electrons. The number of unbranched alkanes of at least 4 members (excludes halogenated alkanes) is 41. The van der Waals surface area contributed by atoms with Crippen LogP contribution in [0.5, 0.6) is 0 Å². The van der Waals surface area contributed by atoms with Gasteiger partial charge in [-0.25, -0.2) is 0 Å². The monoisotopic (exact) mass is 938 g/mol. The molecular formula is C63H119NO3. The summed E-state index contributed by atoms with van der Waals surface area (Å²) in [5.74, 6) is -0.0270. The van der Waals surface area contributed by atoms with E-state index in [1.807, 2.05) is 0 Å². The van der Waals surface area contributed by atoms with Gasteiger partial charge in [-0.3, -0.25) is 4.79 Å².